The molecule has 0 saturated heterocycles. The molecule has 0 aromatic rings. The van der Waals surface area contributed by atoms with Gasteiger partial charge in [0.1, 0.15) is 0 Å². The van der Waals surface area contributed by atoms with E-state index in [1.807, 2.05) is 27.7 Å². The van der Waals surface area contributed by atoms with Gasteiger partial charge in [0, 0.05) is 5.75 Å². The van der Waals surface area contributed by atoms with E-state index in [4.69, 9.17) is 9.05 Å². The summed E-state index contributed by atoms with van der Waals surface area (Å²) in [5, 5.41) is 0. The molecule has 0 aliphatic carbocycles. The van der Waals surface area contributed by atoms with E-state index in [2.05, 4.69) is 6.58 Å². The second-order valence-electron chi connectivity index (χ2n) is 3.68. The SMILES string of the molecule is C=CCSP(=O)(OC(C)CC)OC(C)CC. The Hall–Kier alpha value is 0.240. The lowest BCUT2D eigenvalue weighted by Crippen LogP contribution is -2.10. The molecule has 0 rings (SSSR count). The summed E-state index contributed by atoms with van der Waals surface area (Å²) in [4.78, 5) is 0. The van der Waals surface area contributed by atoms with E-state index in [0.717, 1.165) is 12.8 Å². The molecule has 0 amide bonds. The van der Waals surface area contributed by atoms with Gasteiger partial charge < -0.3 is 0 Å². The maximum Gasteiger partial charge on any atom is 0.389 e. The van der Waals surface area contributed by atoms with E-state index in [-0.39, 0.29) is 12.2 Å². The van der Waals surface area contributed by atoms with Crippen molar-refractivity contribution >= 4 is 18.2 Å². The fourth-order valence-corrected chi connectivity index (χ4v) is 4.57. The van der Waals surface area contributed by atoms with Gasteiger partial charge in [-0.1, -0.05) is 19.9 Å². The third-order valence-electron chi connectivity index (χ3n) is 2.12. The van der Waals surface area contributed by atoms with Crippen LogP contribution < -0.4 is 0 Å². The molecule has 0 heterocycles. The Morgan fingerprint density at radius 1 is 1.25 bits per heavy atom. The number of hydrogen-bond acceptors (Lipinski definition) is 4. The maximum atomic E-state index is 12.4. The van der Waals surface area contributed by atoms with Gasteiger partial charge in [0.15, 0.2) is 0 Å². The van der Waals surface area contributed by atoms with E-state index in [0.29, 0.717) is 5.75 Å². The van der Waals surface area contributed by atoms with Gasteiger partial charge in [-0.2, -0.15) is 0 Å². The Morgan fingerprint density at radius 3 is 2.00 bits per heavy atom. The van der Waals surface area contributed by atoms with Gasteiger partial charge in [0.05, 0.1) is 12.2 Å². The Kier molecular flexibility index (Phi) is 8.47. The third-order valence-corrected chi connectivity index (χ3v) is 5.97. The number of hydrogen-bond donors (Lipinski definition) is 0. The van der Waals surface area contributed by atoms with Crippen molar-refractivity contribution in [2.75, 3.05) is 5.75 Å². The van der Waals surface area contributed by atoms with E-state index in [1.165, 1.54) is 11.4 Å². The van der Waals surface area contributed by atoms with Crippen LogP contribution in [0.1, 0.15) is 40.5 Å². The predicted octanol–water partition coefficient (Wildman–Crippen LogP) is 4.64. The summed E-state index contributed by atoms with van der Waals surface area (Å²) in [6.07, 6.45) is 3.25. The summed E-state index contributed by atoms with van der Waals surface area (Å²) < 4.78 is 23.4. The lowest BCUT2D eigenvalue weighted by molar-refractivity contribution is 0.136. The molecule has 96 valence electrons. The molecule has 0 aromatic carbocycles. The summed E-state index contributed by atoms with van der Waals surface area (Å²) in [6.45, 7) is 8.37. The molecule has 0 spiro atoms. The first-order valence-electron chi connectivity index (χ1n) is 5.69. The van der Waals surface area contributed by atoms with Crippen LogP contribution in [0.15, 0.2) is 12.7 Å². The quantitative estimate of drug-likeness (QED) is 0.449. The van der Waals surface area contributed by atoms with E-state index in [9.17, 15) is 4.57 Å². The molecule has 0 N–H and O–H groups in total. The Morgan fingerprint density at radius 2 is 1.69 bits per heavy atom. The molecule has 2 unspecified atom stereocenters. The van der Waals surface area contributed by atoms with Crippen molar-refractivity contribution in [2.45, 2.75) is 52.7 Å². The molecule has 2 atom stereocenters. The summed E-state index contributed by atoms with van der Waals surface area (Å²) in [7, 11) is 0. The van der Waals surface area contributed by atoms with E-state index >= 15 is 0 Å². The molecule has 0 bridgehead atoms. The topological polar surface area (TPSA) is 35.5 Å². The van der Waals surface area contributed by atoms with Gasteiger partial charge >= 0.3 is 6.80 Å². The second-order valence-corrected chi connectivity index (χ2v) is 7.70. The lowest BCUT2D eigenvalue weighted by atomic mass is 10.3. The lowest BCUT2D eigenvalue weighted by Gasteiger charge is -2.23. The van der Waals surface area contributed by atoms with Crippen LogP contribution in [0.4, 0.5) is 0 Å². The first kappa shape index (κ1) is 16.2. The van der Waals surface area contributed by atoms with Crippen molar-refractivity contribution in [1.29, 1.82) is 0 Å². The fraction of sp³-hybridized carbons (Fsp3) is 0.818. The van der Waals surface area contributed by atoms with Gasteiger partial charge in [-0.05, 0) is 38.1 Å². The zero-order chi connectivity index (χ0) is 12.6. The third kappa shape index (κ3) is 6.74. The first-order valence-corrected chi connectivity index (χ1v) is 8.83. The molecule has 16 heavy (non-hydrogen) atoms. The summed E-state index contributed by atoms with van der Waals surface area (Å²) >= 11 is 1.20. The highest BCUT2D eigenvalue weighted by Crippen LogP contribution is 2.62. The Labute approximate surface area is 103 Å². The molecule has 0 aliphatic rings. The average Bonchev–Trinajstić information content (AvgIpc) is 2.25. The zero-order valence-electron chi connectivity index (χ0n) is 10.6. The van der Waals surface area contributed by atoms with Crippen LogP contribution in [0.5, 0.6) is 0 Å². The van der Waals surface area contributed by atoms with Crippen molar-refractivity contribution in [2.24, 2.45) is 0 Å². The minimum Gasteiger partial charge on any atom is -0.298 e. The van der Waals surface area contributed by atoms with Gasteiger partial charge in [-0.3, -0.25) is 9.05 Å². The first-order chi connectivity index (χ1) is 7.47. The van der Waals surface area contributed by atoms with Crippen LogP contribution in [0, 0.1) is 0 Å². The molecule has 0 aliphatic heterocycles. The van der Waals surface area contributed by atoms with E-state index in [1.54, 1.807) is 6.08 Å². The fourth-order valence-electron chi connectivity index (χ4n) is 0.820. The molecular weight excluding hydrogens is 243 g/mol. The monoisotopic (exact) mass is 266 g/mol. The highest BCUT2D eigenvalue weighted by atomic mass is 32.7. The van der Waals surface area contributed by atoms with Crippen LogP contribution >= 0.6 is 18.2 Å². The van der Waals surface area contributed by atoms with Gasteiger partial charge in [-0.15, -0.1) is 6.58 Å². The molecule has 0 radical (unpaired) electrons. The van der Waals surface area contributed by atoms with E-state index < -0.39 is 6.80 Å². The molecule has 0 fully saturated rings. The van der Waals surface area contributed by atoms with Crippen LogP contribution in [0.3, 0.4) is 0 Å². The highest BCUT2D eigenvalue weighted by molar-refractivity contribution is 8.55. The molecular formula is C11H23O3PS. The molecule has 3 nitrogen and oxygen atoms in total. The summed E-state index contributed by atoms with van der Waals surface area (Å²) in [6, 6.07) is 0. The smallest absolute Gasteiger partial charge is 0.298 e. The Balaban J connectivity index is 4.47. The normalized spacial score (nSPS) is 18.8. The van der Waals surface area contributed by atoms with Crippen LogP contribution in [0.2, 0.25) is 0 Å². The summed E-state index contributed by atoms with van der Waals surface area (Å²) in [5.41, 5.74) is 0. The second kappa shape index (κ2) is 8.35. The average molecular weight is 266 g/mol. The predicted molar refractivity (Wildman–Crippen MR) is 71.9 cm³/mol. The molecule has 5 heteroatoms. The highest BCUT2D eigenvalue weighted by Gasteiger charge is 2.29. The minimum atomic E-state index is -3.04. The summed E-state index contributed by atoms with van der Waals surface area (Å²) in [5.74, 6) is 0.574. The molecule has 0 saturated carbocycles. The zero-order valence-corrected chi connectivity index (χ0v) is 12.4. The van der Waals surface area contributed by atoms with Crippen LogP contribution in [0.25, 0.3) is 0 Å². The maximum absolute atomic E-state index is 12.4. The van der Waals surface area contributed by atoms with Crippen molar-refractivity contribution < 1.29 is 13.6 Å². The minimum absolute atomic E-state index is 0.0489. The van der Waals surface area contributed by atoms with Gasteiger partial charge in [0.25, 0.3) is 0 Å². The van der Waals surface area contributed by atoms with Gasteiger partial charge in [0.2, 0.25) is 0 Å². The van der Waals surface area contributed by atoms with Crippen molar-refractivity contribution in [3.63, 3.8) is 0 Å². The Bertz CT molecular complexity index is 229. The van der Waals surface area contributed by atoms with Crippen molar-refractivity contribution in [1.82, 2.24) is 0 Å². The van der Waals surface area contributed by atoms with Crippen LogP contribution in [-0.2, 0) is 13.6 Å². The largest absolute Gasteiger partial charge is 0.389 e. The van der Waals surface area contributed by atoms with Crippen LogP contribution in [-0.4, -0.2) is 18.0 Å². The number of rotatable bonds is 9. The van der Waals surface area contributed by atoms with Crippen molar-refractivity contribution in [3.05, 3.63) is 12.7 Å². The molecule has 0 aromatic heterocycles. The standard InChI is InChI=1S/C11H23O3PS/c1-6-9-16-15(12,13-10(4)7-2)14-11(5)8-3/h6,10-11H,1,7-9H2,2-5H3. The van der Waals surface area contributed by atoms with Crippen molar-refractivity contribution in [3.8, 4) is 0 Å². The van der Waals surface area contributed by atoms with Gasteiger partial charge in [-0.25, -0.2) is 4.57 Å².